The number of rotatable bonds is 4. The summed E-state index contributed by atoms with van der Waals surface area (Å²) in [6.45, 7) is 6.82. The van der Waals surface area contributed by atoms with Crippen molar-refractivity contribution in [2.24, 2.45) is 52.2 Å². The smallest absolute Gasteiger partial charge is 0.233 e. The second-order valence-corrected chi connectivity index (χ2v) is 11.6. The molecule has 6 nitrogen and oxygen atoms in total. The van der Waals surface area contributed by atoms with Gasteiger partial charge in [0.25, 0.3) is 0 Å². The zero-order valence-electron chi connectivity index (χ0n) is 18.9. The number of nitrogens with two attached hydrogens (primary N) is 1. The summed E-state index contributed by atoms with van der Waals surface area (Å²) in [5, 5.41) is 33.1. The Hall–Kier alpha value is -0.690. The van der Waals surface area contributed by atoms with Crippen molar-refractivity contribution in [1.29, 1.82) is 0 Å². The summed E-state index contributed by atoms with van der Waals surface area (Å²) in [7, 11) is 0. The van der Waals surface area contributed by atoms with Gasteiger partial charge in [-0.05, 0) is 97.7 Å². The summed E-state index contributed by atoms with van der Waals surface area (Å²) in [4.78, 5) is 11.6. The SMILES string of the molecule is C[C@H](CCC(=O)NN)[C@@H]1CC[C@@H]2[C@@H]3[C@H](O)C[C@@H]4C[C@H](O)CC[C@]4(C)[C@@H]3C[C@H](O)[C@@]21C. The van der Waals surface area contributed by atoms with Crippen LogP contribution in [0.4, 0.5) is 0 Å². The van der Waals surface area contributed by atoms with Gasteiger partial charge < -0.3 is 15.3 Å². The fourth-order valence-electron chi connectivity index (χ4n) is 8.76. The van der Waals surface area contributed by atoms with E-state index in [1.807, 2.05) is 0 Å². The lowest BCUT2D eigenvalue weighted by Gasteiger charge is -2.63. The number of amides is 1. The number of fused-ring (bicyclic) bond motifs is 5. The van der Waals surface area contributed by atoms with E-state index in [0.29, 0.717) is 36.0 Å². The highest BCUT2D eigenvalue weighted by molar-refractivity contribution is 5.75. The molecule has 0 spiro atoms. The maximum atomic E-state index is 11.6. The molecule has 11 atom stereocenters. The highest BCUT2D eigenvalue weighted by atomic mass is 16.3. The van der Waals surface area contributed by atoms with Crippen LogP contribution in [0.2, 0.25) is 0 Å². The van der Waals surface area contributed by atoms with Crippen molar-refractivity contribution >= 4 is 5.91 Å². The fraction of sp³-hybridized carbons (Fsp3) is 0.958. The van der Waals surface area contributed by atoms with Gasteiger partial charge in [0.15, 0.2) is 0 Å². The Labute approximate surface area is 181 Å². The zero-order valence-corrected chi connectivity index (χ0v) is 18.9. The first-order chi connectivity index (χ1) is 14.1. The Kier molecular flexibility index (Phi) is 6.02. The molecule has 4 fully saturated rings. The summed E-state index contributed by atoms with van der Waals surface area (Å²) in [5.74, 6) is 7.03. The molecule has 0 bridgehead atoms. The number of carbonyl (C=O) groups excluding carboxylic acids is 1. The molecule has 0 unspecified atom stereocenters. The van der Waals surface area contributed by atoms with Gasteiger partial charge in [-0.1, -0.05) is 20.8 Å². The number of nitrogens with one attached hydrogen (secondary N) is 1. The van der Waals surface area contributed by atoms with Crippen LogP contribution >= 0.6 is 0 Å². The molecule has 0 aromatic heterocycles. The molecular formula is C24H42N2O4. The highest BCUT2D eigenvalue weighted by Crippen LogP contribution is 2.68. The molecule has 4 aliphatic rings. The number of aliphatic hydroxyl groups is 3. The molecule has 4 saturated carbocycles. The summed E-state index contributed by atoms with van der Waals surface area (Å²) < 4.78 is 0. The van der Waals surface area contributed by atoms with Crippen molar-refractivity contribution in [2.75, 3.05) is 0 Å². The minimum atomic E-state index is -0.378. The Morgan fingerprint density at radius 2 is 1.83 bits per heavy atom. The van der Waals surface area contributed by atoms with E-state index in [9.17, 15) is 20.1 Å². The van der Waals surface area contributed by atoms with Crippen LogP contribution in [-0.2, 0) is 4.79 Å². The van der Waals surface area contributed by atoms with E-state index in [2.05, 4.69) is 26.2 Å². The third-order valence-electron chi connectivity index (χ3n) is 10.5. The van der Waals surface area contributed by atoms with Gasteiger partial charge >= 0.3 is 0 Å². The third-order valence-corrected chi connectivity index (χ3v) is 10.5. The van der Waals surface area contributed by atoms with E-state index in [-0.39, 0.29) is 41.0 Å². The average molecular weight is 423 g/mol. The van der Waals surface area contributed by atoms with Gasteiger partial charge in [-0.3, -0.25) is 10.2 Å². The molecule has 30 heavy (non-hydrogen) atoms. The molecule has 4 rings (SSSR count). The van der Waals surface area contributed by atoms with Crippen molar-refractivity contribution in [3.05, 3.63) is 0 Å². The summed E-state index contributed by atoms with van der Waals surface area (Å²) in [6.07, 6.45) is 6.50. The molecule has 4 aliphatic carbocycles. The predicted molar refractivity (Wildman–Crippen MR) is 115 cm³/mol. The topological polar surface area (TPSA) is 116 Å². The molecular weight excluding hydrogens is 380 g/mol. The molecule has 0 radical (unpaired) electrons. The number of hydrazine groups is 1. The van der Waals surface area contributed by atoms with Crippen LogP contribution in [0.5, 0.6) is 0 Å². The summed E-state index contributed by atoms with van der Waals surface area (Å²) in [5.41, 5.74) is 2.12. The first kappa shape index (κ1) is 22.5. The molecule has 0 aliphatic heterocycles. The Bertz CT molecular complexity index is 659. The Balaban J connectivity index is 1.58. The minimum Gasteiger partial charge on any atom is -0.393 e. The maximum absolute atomic E-state index is 11.6. The third kappa shape index (κ3) is 3.33. The monoisotopic (exact) mass is 422 g/mol. The van der Waals surface area contributed by atoms with Crippen LogP contribution in [0.25, 0.3) is 0 Å². The van der Waals surface area contributed by atoms with E-state index in [4.69, 9.17) is 5.84 Å². The van der Waals surface area contributed by atoms with Crippen LogP contribution in [-0.4, -0.2) is 39.5 Å². The summed E-state index contributed by atoms with van der Waals surface area (Å²) in [6, 6.07) is 0. The lowest BCUT2D eigenvalue weighted by atomic mass is 9.43. The fourth-order valence-corrected chi connectivity index (χ4v) is 8.76. The number of hydrogen-bond donors (Lipinski definition) is 5. The van der Waals surface area contributed by atoms with Crippen LogP contribution in [0.3, 0.4) is 0 Å². The first-order valence-corrected chi connectivity index (χ1v) is 12.2. The van der Waals surface area contributed by atoms with E-state index < -0.39 is 0 Å². The molecule has 0 saturated heterocycles. The van der Waals surface area contributed by atoms with Gasteiger partial charge in [0.2, 0.25) is 5.91 Å². The largest absolute Gasteiger partial charge is 0.393 e. The highest BCUT2D eigenvalue weighted by Gasteiger charge is 2.65. The predicted octanol–water partition coefficient (Wildman–Crippen LogP) is 2.35. The van der Waals surface area contributed by atoms with Crippen LogP contribution < -0.4 is 11.3 Å². The van der Waals surface area contributed by atoms with Crippen molar-refractivity contribution in [3.8, 4) is 0 Å². The number of carbonyl (C=O) groups is 1. The van der Waals surface area contributed by atoms with Crippen molar-refractivity contribution in [1.82, 2.24) is 5.43 Å². The van der Waals surface area contributed by atoms with Gasteiger partial charge in [0, 0.05) is 6.42 Å². The molecule has 1 amide bonds. The zero-order chi connectivity index (χ0) is 21.8. The van der Waals surface area contributed by atoms with Crippen LogP contribution in [0.15, 0.2) is 0 Å². The van der Waals surface area contributed by atoms with Gasteiger partial charge in [0.05, 0.1) is 18.3 Å². The van der Waals surface area contributed by atoms with E-state index >= 15 is 0 Å². The number of aliphatic hydroxyl groups excluding tert-OH is 3. The van der Waals surface area contributed by atoms with E-state index in [0.717, 1.165) is 51.4 Å². The van der Waals surface area contributed by atoms with E-state index in [1.165, 1.54) is 0 Å². The van der Waals surface area contributed by atoms with Gasteiger partial charge in [-0.2, -0.15) is 0 Å². The molecule has 0 aromatic rings. The first-order valence-electron chi connectivity index (χ1n) is 12.2. The molecule has 6 heteroatoms. The lowest BCUT2D eigenvalue weighted by molar-refractivity contribution is -0.207. The van der Waals surface area contributed by atoms with Crippen LogP contribution in [0.1, 0.15) is 78.6 Å². The normalized spacial score (nSPS) is 51.4. The Morgan fingerprint density at radius 1 is 1.10 bits per heavy atom. The minimum absolute atomic E-state index is 0.106. The van der Waals surface area contributed by atoms with Crippen molar-refractivity contribution in [3.63, 3.8) is 0 Å². The lowest BCUT2D eigenvalue weighted by Crippen LogP contribution is -2.62. The molecule has 172 valence electrons. The Morgan fingerprint density at radius 3 is 2.53 bits per heavy atom. The van der Waals surface area contributed by atoms with E-state index in [1.54, 1.807) is 0 Å². The van der Waals surface area contributed by atoms with Gasteiger partial charge in [-0.25, -0.2) is 5.84 Å². The second-order valence-electron chi connectivity index (χ2n) is 11.6. The van der Waals surface area contributed by atoms with Gasteiger partial charge in [-0.15, -0.1) is 0 Å². The standard InChI is InChI=1S/C24H42N2O4/c1-13(4-7-21(30)26-25)16-5-6-17-22-18(12-20(29)24(16,17)3)23(2)9-8-15(27)10-14(23)11-19(22)28/h13-20,22,27-29H,4-12,25H2,1-3H3,(H,26,30)/t13-,14+,15-,16+,17-,18-,19-,20+,22+,23+,24-/m1/s1. The molecule has 0 aromatic carbocycles. The second kappa shape index (κ2) is 8.02. The average Bonchev–Trinajstić information content (AvgIpc) is 3.06. The number of hydrogen-bond acceptors (Lipinski definition) is 5. The summed E-state index contributed by atoms with van der Waals surface area (Å²) >= 11 is 0. The molecule has 0 heterocycles. The maximum Gasteiger partial charge on any atom is 0.233 e. The van der Waals surface area contributed by atoms with Crippen molar-refractivity contribution < 1.29 is 20.1 Å². The quantitative estimate of drug-likeness (QED) is 0.271. The van der Waals surface area contributed by atoms with Gasteiger partial charge in [0.1, 0.15) is 0 Å². The van der Waals surface area contributed by atoms with Crippen molar-refractivity contribution in [2.45, 2.75) is 96.9 Å². The molecule has 6 N–H and O–H groups in total. The van der Waals surface area contributed by atoms with Crippen LogP contribution in [0, 0.1) is 46.3 Å².